The molecule has 47 heavy (non-hydrogen) atoms. The van der Waals surface area contributed by atoms with E-state index in [0.29, 0.717) is 17.9 Å². The van der Waals surface area contributed by atoms with Gasteiger partial charge in [0.15, 0.2) is 0 Å². The van der Waals surface area contributed by atoms with E-state index < -0.39 is 28.2 Å². The minimum atomic E-state index is -0.869. The summed E-state index contributed by atoms with van der Waals surface area (Å²) in [5.41, 5.74) is -0.207. The van der Waals surface area contributed by atoms with Crippen LogP contribution in [0.1, 0.15) is 65.5 Å². The number of hydrogen-bond acceptors (Lipinski definition) is 10. The smallest absolute Gasteiger partial charge is 0.330 e. The molecule has 0 amide bonds. The maximum Gasteiger partial charge on any atom is 0.330 e. The van der Waals surface area contributed by atoms with E-state index in [9.17, 15) is 19.2 Å². The van der Waals surface area contributed by atoms with Crippen molar-refractivity contribution in [2.24, 2.45) is 16.2 Å². The van der Waals surface area contributed by atoms with Crippen molar-refractivity contribution in [3.05, 3.63) is 71.8 Å². The Morgan fingerprint density at radius 3 is 1.47 bits per heavy atom. The highest BCUT2D eigenvalue weighted by atomic mass is 16.6. The van der Waals surface area contributed by atoms with Gasteiger partial charge in [0.25, 0.3) is 0 Å². The average molecular weight is 653 g/mol. The second-order valence-corrected chi connectivity index (χ2v) is 12.5. The summed E-state index contributed by atoms with van der Waals surface area (Å²) in [5.74, 6) is -0.344. The summed E-state index contributed by atoms with van der Waals surface area (Å²) >= 11 is 0. The lowest BCUT2D eigenvalue weighted by Crippen LogP contribution is -2.49. The predicted molar refractivity (Wildman–Crippen MR) is 178 cm³/mol. The van der Waals surface area contributed by atoms with Crippen LogP contribution < -0.4 is 9.47 Å². The Hall–Kier alpha value is -4.60. The SMILES string of the molecule is COC(=O)/C=C/c1ccc(OCCOC(=O)CCC(C)(C)C(C)(C)C(C)(C)C(=O)OCCOc2ccc(/C=C/C(=O)OC)cc2)cc1. The first kappa shape index (κ1) is 38.6. The van der Waals surface area contributed by atoms with Gasteiger partial charge in [-0.2, -0.15) is 0 Å². The number of methoxy groups -OCH3 is 2. The number of benzene rings is 2. The van der Waals surface area contributed by atoms with Gasteiger partial charge in [-0.3, -0.25) is 9.59 Å². The van der Waals surface area contributed by atoms with Crippen LogP contribution in [-0.2, 0) is 38.1 Å². The van der Waals surface area contributed by atoms with Crippen molar-refractivity contribution in [2.45, 2.75) is 54.4 Å². The van der Waals surface area contributed by atoms with E-state index in [1.165, 1.54) is 26.4 Å². The van der Waals surface area contributed by atoms with E-state index in [4.69, 9.17) is 18.9 Å². The molecule has 2 aromatic carbocycles. The lowest BCUT2D eigenvalue weighted by atomic mass is 9.53. The summed E-state index contributed by atoms with van der Waals surface area (Å²) in [6, 6.07) is 14.2. The van der Waals surface area contributed by atoms with Gasteiger partial charge in [-0.05, 0) is 78.6 Å². The molecule has 0 bridgehead atoms. The largest absolute Gasteiger partial charge is 0.490 e. The van der Waals surface area contributed by atoms with E-state index in [0.717, 1.165) is 11.1 Å². The van der Waals surface area contributed by atoms with Gasteiger partial charge in [-0.1, -0.05) is 52.0 Å². The predicted octanol–water partition coefficient (Wildman–Crippen LogP) is 6.46. The molecule has 0 saturated carbocycles. The van der Waals surface area contributed by atoms with E-state index in [1.54, 1.807) is 60.7 Å². The van der Waals surface area contributed by atoms with Crippen LogP contribution in [0, 0.1) is 16.2 Å². The number of esters is 4. The Bertz CT molecular complexity index is 1380. The van der Waals surface area contributed by atoms with Crippen molar-refractivity contribution >= 4 is 36.0 Å². The zero-order valence-electron chi connectivity index (χ0n) is 28.8. The Morgan fingerprint density at radius 1 is 0.617 bits per heavy atom. The summed E-state index contributed by atoms with van der Waals surface area (Å²) in [4.78, 5) is 48.2. The van der Waals surface area contributed by atoms with Crippen molar-refractivity contribution in [3.8, 4) is 11.5 Å². The molecule has 10 heteroatoms. The highest BCUT2D eigenvalue weighted by molar-refractivity contribution is 5.87. The zero-order chi connectivity index (χ0) is 35.1. The Labute approximate surface area is 278 Å². The van der Waals surface area contributed by atoms with Crippen LogP contribution >= 0.6 is 0 Å². The third kappa shape index (κ3) is 11.9. The minimum Gasteiger partial charge on any atom is -0.490 e. The fourth-order valence-corrected chi connectivity index (χ4v) is 4.50. The molecular weight excluding hydrogens is 604 g/mol. The standard InChI is InChI=1S/C37H48O10/c1-35(2,22-21-33(40)46-25-23-44-29-15-9-27(10-16-29)13-19-31(38)42-7)37(5,6)36(3,4)34(41)47-26-24-45-30-17-11-28(12-18-30)14-20-32(39)43-8/h9-20H,21-26H2,1-8H3/b19-13+,20-14+. The van der Waals surface area contributed by atoms with Crippen molar-refractivity contribution in [1.29, 1.82) is 0 Å². The van der Waals surface area contributed by atoms with E-state index in [-0.39, 0.29) is 44.8 Å². The van der Waals surface area contributed by atoms with E-state index in [1.807, 2.05) is 41.5 Å². The molecule has 256 valence electrons. The molecule has 0 aromatic heterocycles. The van der Waals surface area contributed by atoms with Gasteiger partial charge in [0.1, 0.15) is 37.9 Å². The first-order chi connectivity index (χ1) is 22.1. The molecule has 0 heterocycles. The first-order valence-electron chi connectivity index (χ1n) is 15.4. The summed E-state index contributed by atoms with van der Waals surface area (Å²) in [6.07, 6.45) is 6.64. The summed E-state index contributed by atoms with van der Waals surface area (Å²) < 4.78 is 31.5. The van der Waals surface area contributed by atoms with E-state index >= 15 is 0 Å². The fraction of sp³-hybridized carbons (Fsp3) is 0.459. The molecule has 0 spiro atoms. The van der Waals surface area contributed by atoms with Gasteiger partial charge in [-0.15, -0.1) is 0 Å². The summed E-state index contributed by atoms with van der Waals surface area (Å²) in [7, 11) is 2.64. The Kier molecular flexibility index (Phi) is 14.7. The molecule has 2 rings (SSSR count). The first-order valence-corrected chi connectivity index (χ1v) is 15.4. The molecule has 0 saturated heterocycles. The average Bonchev–Trinajstić information content (AvgIpc) is 3.06. The fourth-order valence-electron chi connectivity index (χ4n) is 4.50. The lowest BCUT2D eigenvalue weighted by Gasteiger charge is -2.50. The molecule has 0 radical (unpaired) electrons. The molecule has 0 aliphatic heterocycles. The van der Waals surface area contributed by atoms with Crippen LogP contribution in [0.2, 0.25) is 0 Å². The molecule has 0 aliphatic carbocycles. The van der Waals surface area contributed by atoms with Crippen molar-refractivity contribution < 1.29 is 47.6 Å². The molecular formula is C37H48O10. The van der Waals surface area contributed by atoms with Gasteiger partial charge in [0, 0.05) is 18.6 Å². The number of hydrogen-bond donors (Lipinski definition) is 0. The van der Waals surface area contributed by atoms with Crippen molar-refractivity contribution in [3.63, 3.8) is 0 Å². The number of carbonyl (C=O) groups excluding carboxylic acids is 4. The maximum atomic E-state index is 13.2. The van der Waals surface area contributed by atoms with Gasteiger partial charge < -0.3 is 28.4 Å². The number of ether oxygens (including phenoxy) is 6. The van der Waals surface area contributed by atoms with Gasteiger partial charge in [0.05, 0.1) is 19.6 Å². The van der Waals surface area contributed by atoms with Crippen molar-refractivity contribution in [1.82, 2.24) is 0 Å². The molecule has 0 atom stereocenters. The third-order valence-electron chi connectivity index (χ3n) is 8.91. The maximum absolute atomic E-state index is 13.2. The Morgan fingerprint density at radius 2 is 1.04 bits per heavy atom. The lowest BCUT2D eigenvalue weighted by molar-refractivity contribution is -0.169. The zero-order valence-corrected chi connectivity index (χ0v) is 28.8. The van der Waals surface area contributed by atoms with Crippen LogP contribution in [0.4, 0.5) is 0 Å². The highest BCUT2D eigenvalue weighted by Crippen LogP contribution is 2.54. The minimum absolute atomic E-state index is 0.0771. The van der Waals surface area contributed by atoms with Crippen molar-refractivity contribution in [2.75, 3.05) is 40.6 Å². The van der Waals surface area contributed by atoms with Gasteiger partial charge >= 0.3 is 23.9 Å². The number of carbonyl (C=O) groups is 4. The third-order valence-corrected chi connectivity index (χ3v) is 8.91. The molecule has 0 N–H and O–H groups in total. The van der Waals surface area contributed by atoms with Crippen LogP contribution in [0.3, 0.4) is 0 Å². The summed E-state index contributed by atoms with van der Waals surface area (Å²) in [6.45, 7) is 12.4. The van der Waals surface area contributed by atoms with Gasteiger partial charge in [0.2, 0.25) is 0 Å². The molecule has 10 nitrogen and oxygen atoms in total. The molecule has 0 fully saturated rings. The second kappa shape index (κ2) is 17.9. The van der Waals surface area contributed by atoms with Gasteiger partial charge in [-0.25, -0.2) is 9.59 Å². The highest BCUT2D eigenvalue weighted by Gasteiger charge is 2.52. The Balaban J connectivity index is 1.76. The number of rotatable bonds is 18. The molecule has 0 unspecified atom stereocenters. The normalized spacial score (nSPS) is 12.1. The van der Waals surface area contributed by atoms with Crippen LogP contribution in [-0.4, -0.2) is 64.5 Å². The van der Waals surface area contributed by atoms with Crippen LogP contribution in [0.5, 0.6) is 11.5 Å². The monoisotopic (exact) mass is 652 g/mol. The summed E-state index contributed by atoms with van der Waals surface area (Å²) in [5, 5.41) is 0. The molecule has 0 aliphatic rings. The quantitative estimate of drug-likeness (QED) is 0.0767. The topological polar surface area (TPSA) is 124 Å². The second-order valence-electron chi connectivity index (χ2n) is 12.5. The van der Waals surface area contributed by atoms with Crippen LogP contribution in [0.25, 0.3) is 12.2 Å². The van der Waals surface area contributed by atoms with Crippen LogP contribution in [0.15, 0.2) is 60.7 Å². The molecule has 2 aromatic rings. The van der Waals surface area contributed by atoms with E-state index in [2.05, 4.69) is 9.47 Å².